The topological polar surface area (TPSA) is 91.3 Å². The van der Waals surface area contributed by atoms with Gasteiger partial charge in [-0.2, -0.15) is 0 Å². The molecule has 142 valence electrons. The molecule has 2 N–H and O–H groups in total. The summed E-state index contributed by atoms with van der Waals surface area (Å²) in [7, 11) is 3.18. The minimum Gasteiger partial charge on any atom is -0.497 e. The molecule has 8 nitrogen and oxygen atoms in total. The summed E-state index contributed by atoms with van der Waals surface area (Å²) in [5.74, 6) is 2.19. The molecule has 1 saturated heterocycles. The SMILES string of the molecule is COc1cc(OC)cc(-c2nnc(SC[C@@H](O)C[NH+]3CCOCC3)o2)c1. The summed E-state index contributed by atoms with van der Waals surface area (Å²) in [6.45, 7) is 4.08. The van der Waals surface area contributed by atoms with Crippen LogP contribution in [0.2, 0.25) is 0 Å². The van der Waals surface area contributed by atoms with Gasteiger partial charge in [0.2, 0.25) is 5.89 Å². The van der Waals surface area contributed by atoms with Crippen LogP contribution in [-0.2, 0) is 4.74 Å². The number of nitrogens with zero attached hydrogens (tertiary/aromatic N) is 2. The molecular weight excluding hydrogens is 358 g/mol. The third-order valence-electron chi connectivity index (χ3n) is 4.13. The fourth-order valence-corrected chi connectivity index (χ4v) is 3.43. The van der Waals surface area contributed by atoms with Crippen molar-refractivity contribution >= 4 is 11.8 Å². The van der Waals surface area contributed by atoms with Gasteiger partial charge in [-0.15, -0.1) is 10.2 Å². The molecule has 0 radical (unpaired) electrons. The van der Waals surface area contributed by atoms with Crippen LogP contribution in [0.25, 0.3) is 11.5 Å². The van der Waals surface area contributed by atoms with Crippen molar-refractivity contribution in [3.8, 4) is 23.0 Å². The second-order valence-electron chi connectivity index (χ2n) is 6.01. The van der Waals surface area contributed by atoms with E-state index in [0.717, 1.165) is 31.9 Å². The van der Waals surface area contributed by atoms with Crippen LogP contribution in [0.4, 0.5) is 0 Å². The number of thioether (sulfide) groups is 1. The van der Waals surface area contributed by atoms with E-state index < -0.39 is 6.10 Å². The van der Waals surface area contributed by atoms with E-state index in [1.54, 1.807) is 32.4 Å². The second kappa shape index (κ2) is 9.22. The lowest BCUT2D eigenvalue weighted by molar-refractivity contribution is -0.910. The monoisotopic (exact) mass is 382 g/mol. The van der Waals surface area contributed by atoms with Crippen molar-refractivity contribution in [1.82, 2.24) is 10.2 Å². The van der Waals surface area contributed by atoms with E-state index in [0.29, 0.717) is 34.9 Å². The number of benzene rings is 1. The number of morpholine rings is 1. The first-order chi connectivity index (χ1) is 12.7. The number of hydrogen-bond acceptors (Lipinski definition) is 8. The van der Waals surface area contributed by atoms with Crippen molar-refractivity contribution in [2.24, 2.45) is 0 Å². The third-order valence-corrected chi connectivity index (χ3v) is 5.09. The van der Waals surface area contributed by atoms with Gasteiger partial charge in [0.05, 0.1) is 27.4 Å². The molecule has 9 heteroatoms. The molecule has 0 bridgehead atoms. The fraction of sp³-hybridized carbons (Fsp3) is 0.529. The quantitative estimate of drug-likeness (QED) is 0.623. The molecular formula is C17H24N3O5S+. The zero-order valence-electron chi connectivity index (χ0n) is 14.9. The van der Waals surface area contributed by atoms with E-state index in [1.807, 2.05) is 0 Å². The Morgan fingerprint density at radius 2 is 1.85 bits per heavy atom. The average molecular weight is 382 g/mol. The molecule has 1 aliphatic heterocycles. The fourth-order valence-electron chi connectivity index (χ4n) is 2.74. The molecule has 1 aromatic heterocycles. The summed E-state index contributed by atoms with van der Waals surface area (Å²) in [4.78, 5) is 1.36. The van der Waals surface area contributed by atoms with Gasteiger partial charge in [0, 0.05) is 17.4 Å². The van der Waals surface area contributed by atoms with Gasteiger partial charge in [0.1, 0.15) is 37.2 Å². The smallest absolute Gasteiger partial charge is 0.276 e. The number of quaternary nitrogens is 1. The maximum atomic E-state index is 10.2. The van der Waals surface area contributed by atoms with Crippen LogP contribution in [0.1, 0.15) is 0 Å². The van der Waals surface area contributed by atoms with Crippen LogP contribution in [0.15, 0.2) is 27.8 Å². The molecule has 0 unspecified atom stereocenters. The lowest BCUT2D eigenvalue weighted by atomic mass is 10.2. The van der Waals surface area contributed by atoms with Crippen LogP contribution < -0.4 is 14.4 Å². The number of ether oxygens (including phenoxy) is 3. The van der Waals surface area contributed by atoms with Gasteiger partial charge in [0.15, 0.2) is 0 Å². The van der Waals surface area contributed by atoms with Crippen LogP contribution in [0.5, 0.6) is 11.5 Å². The molecule has 2 heterocycles. The highest BCUT2D eigenvalue weighted by molar-refractivity contribution is 7.99. The Morgan fingerprint density at radius 1 is 1.15 bits per heavy atom. The average Bonchev–Trinajstić information content (AvgIpc) is 3.16. The Bertz CT molecular complexity index is 683. The Kier molecular flexibility index (Phi) is 6.73. The Hall–Kier alpha value is -1.81. The summed E-state index contributed by atoms with van der Waals surface area (Å²) < 4.78 is 21.5. The summed E-state index contributed by atoms with van der Waals surface area (Å²) in [6.07, 6.45) is -0.430. The Labute approximate surface area is 156 Å². The summed E-state index contributed by atoms with van der Waals surface area (Å²) in [5.41, 5.74) is 0.721. The van der Waals surface area contributed by atoms with Gasteiger partial charge < -0.3 is 28.6 Å². The van der Waals surface area contributed by atoms with Crippen LogP contribution in [0, 0.1) is 0 Å². The van der Waals surface area contributed by atoms with Gasteiger partial charge in [-0.1, -0.05) is 11.8 Å². The van der Waals surface area contributed by atoms with E-state index in [1.165, 1.54) is 16.7 Å². The van der Waals surface area contributed by atoms with Crippen LogP contribution in [-0.4, -0.2) is 74.2 Å². The van der Waals surface area contributed by atoms with Crippen LogP contribution >= 0.6 is 11.8 Å². The highest BCUT2D eigenvalue weighted by atomic mass is 32.2. The number of aliphatic hydroxyl groups excluding tert-OH is 1. The molecule has 0 aliphatic carbocycles. The highest BCUT2D eigenvalue weighted by Crippen LogP contribution is 2.30. The van der Waals surface area contributed by atoms with Gasteiger partial charge in [-0.05, 0) is 12.1 Å². The predicted molar refractivity (Wildman–Crippen MR) is 96.0 cm³/mol. The first kappa shape index (κ1) is 19.0. The number of aliphatic hydroxyl groups is 1. The minimum absolute atomic E-state index is 0.387. The van der Waals surface area contributed by atoms with Gasteiger partial charge in [-0.25, -0.2) is 0 Å². The molecule has 2 aromatic rings. The highest BCUT2D eigenvalue weighted by Gasteiger charge is 2.19. The lowest BCUT2D eigenvalue weighted by Crippen LogP contribution is -3.15. The number of nitrogens with one attached hydrogen (secondary N) is 1. The molecule has 1 fully saturated rings. The summed E-state index contributed by atoms with van der Waals surface area (Å²) in [5, 5.41) is 18.8. The third kappa shape index (κ3) is 5.10. The number of hydrogen-bond donors (Lipinski definition) is 2. The lowest BCUT2D eigenvalue weighted by Gasteiger charge is -2.25. The zero-order valence-corrected chi connectivity index (χ0v) is 15.8. The first-order valence-corrected chi connectivity index (χ1v) is 9.45. The van der Waals surface area contributed by atoms with Crippen LogP contribution in [0.3, 0.4) is 0 Å². The largest absolute Gasteiger partial charge is 0.497 e. The molecule has 1 aliphatic rings. The van der Waals surface area contributed by atoms with Crippen molar-refractivity contribution in [3.63, 3.8) is 0 Å². The zero-order chi connectivity index (χ0) is 18.4. The second-order valence-corrected chi connectivity index (χ2v) is 6.98. The normalized spacial score (nSPS) is 16.4. The number of rotatable bonds is 8. The van der Waals surface area contributed by atoms with E-state index in [-0.39, 0.29) is 0 Å². The van der Waals surface area contributed by atoms with Crippen molar-refractivity contribution in [1.29, 1.82) is 0 Å². The molecule has 3 rings (SSSR count). The summed E-state index contributed by atoms with van der Waals surface area (Å²) >= 11 is 1.36. The predicted octanol–water partition coefficient (Wildman–Crippen LogP) is 0.122. The first-order valence-electron chi connectivity index (χ1n) is 8.47. The van der Waals surface area contributed by atoms with E-state index in [9.17, 15) is 5.11 Å². The number of methoxy groups -OCH3 is 2. The molecule has 0 amide bonds. The van der Waals surface area contributed by atoms with E-state index in [4.69, 9.17) is 18.6 Å². The van der Waals surface area contributed by atoms with E-state index >= 15 is 0 Å². The maximum Gasteiger partial charge on any atom is 0.276 e. The van der Waals surface area contributed by atoms with Gasteiger partial charge >= 0.3 is 0 Å². The summed E-state index contributed by atoms with van der Waals surface area (Å²) in [6, 6.07) is 5.39. The van der Waals surface area contributed by atoms with Gasteiger partial charge in [-0.3, -0.25) is 0 Å². The number of aromatic nitrogens is 2. The Balaban J connectivity index is 1.57. The molecule has 0 saturated carbocycles. The van der Waals surface area contributed by atoms with Crippen molar-refractivity contribution in [2.45, 2.75) is 11.3 Å². The molecule has 0 spiro atoms. The van der Waals surface area contributed by atoms with Crippen molar-refractivity contribution in [3.05, 3.63) is 18.2 Å². The van der Waals surface area contributed by atoms with Gasteiger partial charge in [0.25, 0.3) is 5.22 Å². The van der Waals surface area contributed by atoms with E-state index in [2.05, 4.69) is 10.2 Å². The molecule has 26 heavy (non-hydrogen) atoms. The molecule has 1 aromatic carbocycles. The Morgan fingerprint density at radius 3 is 2.50 bits per heavy atom. The van der Waals surface area contributed by atoms with Crippen molar-refractivity contribution in [2.75, 3.05) is 52.8 Å². The molecule has 1 atom stereocenters. The maximum absolute atomic E-state index is 10.2. The minimum atomic E-state index is -0.430. The van der Waals surface area contributed by atoms with Crippen molar-refractivity contribution < 1.29 is 28.6 Å². The standard InChI is InChI=1S/C17H23N3O5S/c1-22-14-7-12(8-15(9-14)23-2)16-18-19-17(25-16)26-11-13(21)10-20-3-5-24-6-4-20/h7-9,13,21H,3-6,10-11H2,1-2H3/p+1/t13-/m0/s1.